The molecular formula is C8H19N3O4S2. The van der Waals surface area contributed by atoms with Crippen LogP contribution >= 0.6 is 0 Å². The third kappa shape index (κ3) is 4.18. The van der Waals surface area contributed by atoms with E-state index in [1.54, 1.807) is 0 Å². The molecule has 1 aliphatic heterocycles. The molecule has 9 heteroatoms. The molecule has 1 aliphatic rings. The molecule has 2 N–H and O–H groups in total. The lowest BCUT2D eigenvalue weighted by molar-refractivity contribution is 0.164. The SMILES string of the molecule is CN1CCN(S(=O)(=O)CS(C)(=O)=O)C(CN)C1. The van der Waals surface area contributed by atoms with Gasteiger partial charge in [-0.2, -0.15) is 4.31 Å². The quantitative estimate of drug-likeness (QED) is 0.634. The summed E-state index contributed by atoms with van der Waals surface area (Å²) in [4.78, 5) is 1.98. The number of rotatable bonds is 4. The van der Waals surface area contributed by atoms with Crippen molar-refractivity contribution in [1.29, 1.82) is 0 Å². The number of sulfonamides is 1. The minimum atomic E-state index is -3.79. The summed E-state index contributed by atoms with van der Waals surface area (Å²) in [7, 11) is -5.47. The van der Waals surface area contributed by atoms with Gasteiger partial charge in [-0.25, -0.2) is 16.8 Å². The van der Waals surface area contributed by atoms with Crippen LogP contribution in [0.3, 0.4) is 0 Å². The van der Waals surface area contributed by atoms with Crippen LogP contribution < -0.4 is 5.73 Å². The van der Waals surface area contributed by atoms with Crippen molar-refractivity contribution in [3.63, 3.8) is 0 Å². The van der Waals surface area contributed by atoms with E-state index in [2.05, 4.69) is 0 Å². The van der Waals surface area contributed by atoms with Gasteiger partial charge in [-0.15, -0.1) is 0 Å². The van der Waals surface area contributed by atoms with Crippen LogP contribution in [0, 0.1) is 0 Å². The zero-order chi connectivity index (χ0) is 13.3. The van der Waals surface area contributed by atoms with E-state index in [0.29, 0.717) is 13.1 Å². The Kier molecular flexibility index (Phi) is 4.53. The third-order valence-corrected chi connectivity index (χ3v) is 6.72. The molecule has 0 aromatic rings. The lowest BCUT2D eigenvalue weighted by Gasteiger charge is -2.38. The zero-order valence-electron chi connectivity index (χ0n) is 10.0. The molecule has 0 aliphatic carbocycles. The minimum absolute atomic E-state index is 0.188. The van der Waals surface area contributed by atoms with Gasteiger partial charge in [-0.05, 0) is 7.05 Å². The van der Waals surface area contributed by atoms with Gasteiger partial charge in [-0.3, -0.25) is 0 Å². The summed E-state index contributed by atoms with van der Waals surface area (Å²) in [5.74, 6) is 0. The van der Waals surface area contributed by atoms with E-state index < -0.39 is 24.9 Å². The number of sulfone groups is 1. The predicted octanol–water partition coefficient (Wildman–Crippen LogP) is -2.11. The van der Waals surface area contributed by atoms with E-state index >= 15 is 0 Å². The van der Waals surface area contributed by atoms with Crippen molar-refractivity contribution >= 4 is 19.9 Å². The summed E-state index contributed by atoms with van der Waals surface area (Å²) in [6.07, 6.45) is 0.915. The zero-order valence-corrected chi connectivity index (χ0v) is 11.7. The predicted molar refractivity (Wildman–Crippen MR) is 65.7 cm³/mol. The summed E-state index contributed by atoms with van der Waals surface area (Å²) in [6.45, 7) is 1.59. The Morgan fingerprint density at radius 2 is 1.82 bits per heavy atom. The molecule has 0 bridgehead atoms. The molecule has 1 fully saturated rings. The van der Waals surface area contributed by atoms with Crippen LogP contribution in [-0.4, -0.2) is 76.6 Å². The standard InChI is InChI=1S/C8H19N3O4S2/c1-10-3-4-11(8(5-9)6-10)17(14,15)7-16(2,12)13/h8H,3-7,9H2,1-2H3. The first kappa shape index (κ1) is 14.8. The molecule has 0 aromatic heterocycles. The molecule has 1 unspecified atom stereocenters. The molecule has 17 heavy (non-hydrogen) atoms. The maximum absolute atomic E-state index is 11.9. The summed E-state index contributed by atoms with van der Waals surface area (Å²) in [5.41, 5.74) is 5.53. The van der Waals surface area contributed by atoms with Crippen LogP contribution in [-0.2, 0) is 19.9 Å². The molecule has 102 valence electrons. The highest BCUT2D eigenvalue weighted by Gasteiger charge is 2.35. The molecule has 0 aromatic carbocycles. The van der Waals surface area contributed by atoms with Gasteiger partial charge in [0, 0.05) is 38.5 Å². The summed E-state index contributed by atoms with van der Waals surface area (Å²) in [5, 5.41) is -0.847. The van der Waals surface area contributed by atoms with E-state index in [1.807, 2.05) is 11.9 Å². The highest BCUT2D eigenvalue weighted by molar-refractivity contribution is 8.06. The Morgan fingerprint density at radius 3 is 2.29 bits per heavy atom. The molecule has 1 heterocycles. The maximum atomic E-state index is 11.9. The average Bonchev–Trinajstić information content (AvgIpc) is 2.13. The van der Waals surface area contributed by atoms with Crippen LogP contribution in [0.25, 0.3) is 0 Å². The first-order valence-corrected chi connectivity index (χ1v) is 8.88. The lowest BCUT2D eigenvalue weighted by atomic mass is 10.2. The van der Waals surface area contributed by atoms with E-state index in [1.165, 1.54) is 4.31 Å². The van der Waals surface area contributed by atoms with E-state index in [4.69, 9.17) is 5.73 Å². The van der Waals surface area contributed by atoms with Gasteiger partial charge in [-0.1, -0.05) is 0 Å². The normalized spacial score (nSPS) is 25.0. The summed E-state index contributed by atoms with van der Waals surface area (Å²) >= 11 is 0. The highest BCUT2D eigenvalue weighted by atomic mass is 32.3. The smallest absolute Gasteiger partial charge is 0.228 e. The fraction of sp³-hybridized carbons (Fsp3) is 1.00. The second-order valence-electron chi connectivity index (χ2n) is 4.42. The lowest BCUT2D eigenvalue weighted by Crippen LogP contribution is -2.57. The molecule has 1 atom stereocenters. The maximum Gasteiger partial charge on any atom is 0.228 e. The minimum Gasteiger partial charge on any atom is -0.329 e. The monoisotopic (exact) mass is 285 g/mol. The molecule has 7 nitrogen and oxygen atoms in total. The topological polar surface area (TPSA) is 101 Å². The van der Waals surface area contributed by atoms with Gasteiger partial charge in [0.25, 0.3) is 0 Å². The van der Waals surface area contributed by atoms with E-state index in [0.717, 1.165) is 6.26 Å². The molecule has 1 saturated heterocycles. The fourth-order valence-electron chi connectivity index (χ4n) is 1.89. The number of hydrogen-bond donors (Lipinski definition) is 1. The van der Waals surface area contributed by atoms with Crippen LogP contribution in [0.15, 0.2) is 0 Å². The van der Waals surface area contributed by atoms with Crippen LogP contribution in [0.2, 0.25) is 0 Å². The number of nitrogens with zero attached hydrogens (tertiary/aromatic N) is 2. The van der Waals surface area contributed by atoms with Gasteiger partial charge in [0.15, 0.2) is 14.9 Å². The Labute approximate surface area is 103 Å². The Hall–Kier alpha value is -0.220. The Morgan fingerprint density at radius 1 is 1.24 bits per heavy atom. The van der Waals surface area contributed by atoms with Crippen LogP contribution in [0.5, 0.6) is 0 Å². The van der Waals surface area contributed by atoms with Gasteiger partial charge < -0.3 is 10.6 Å². The number of hydrogen-bond acceptors (Lipinski definition) is 6. The van der Waals surface area contributed by atoms with Gasteiger partial charge in [0.1, 0.15) is 0 Å². The van der Waals surface area contributed by atoms with Crippen LogP contribution in [0.4, 0.5) is 0 Å². The molecular weight excluding hydrogens is 266 g/mol. The molecule has 0 radical (unpaired) electrons. The Bertz CT molecular complexity index is 459. The summed E-state index contributed by atoms with van der Waals surface area (Å²) in [6, 6.07) is -0.347. The number of piperazine rings is 1. The van der Waals surface area contributed by atoms with E-state index in [9.17, 15) is 16.8 Å². The first-order chi connectivity index (χ1) is 7.65. The average molecular weight is 285 g/mol. The fourth-order valence-corrected chi connectivity index (χ4v) is 5.56. The Balaban J connectivity index is 2.90. The summed E-state index contributed by atoms with van der Waals surface area (Å²) < 4.78 is 47.3. The second-order valence-corrected chi connectivity index (χ2v) is 8.85. The van der Waals surface area contributed by atoms with Crippen LogP contribution in [0.1, 0.15) is 0 Å². The molecule has 0 saturated carbocycles. The van der Waals surface area contributed by atoms with Crippen molar-refractivity contribution < 1.29 is 16.8 Å². The van der Waals surface area contributed by atoms with Crippen molar-refractivity contribution in [3.05, 3.63) is 0 Å². The number of likely N-dealkylation sites (N-methyl/N-ethyl adjacent to an activating group) is 1. The van der Waals surface area contributed by atoms with Gasteiger partial charge >= 0.3 is 0 Å². The third-order valence-electron chi connectivity index (χ3n) is 2.62. The highest BCUT2D eigenvalue weighted by Crippen LogP contribution is 2.14. The van der Waals surface area contributed by atoms with Gasteiger partial charge in [0.05, 0.1) is 0 Å². The second kappa shape index (κ2) is 5.19. The molecule has 1 rings (SSSR count). The molecule has 0 spiro atoms. The van der Waals surface area contributed by atoms with Crippen molar-refractivity contribution in [2.24, 2.45) is 5.73 Å². The van der Waals surface area contributed by atoms with E-state index in [-0.39, 0.29) is 19.1 Å². The first-order valence-electron chi connectivity index (χ1n) is 5.21. The van der Waals surface area contributed by atoms with Crippen molar-refractivity contribution in [2.75, 3.05) is 44.6 Å². The number of nitrogens with two attached hydrogens (primary N) is 1. The molecule has 0 amide bonds. The van der Waals surface area contributed by atoms with Crippen molar-refractivity contribution in [2.45, 2.75) is 6.04 Å². The van der Waals surface area contributed by atoms with Crippen molar-refractivity contribution in [3.8, 4) is 0 Å². The van der Waals surface area contributed by atoms with Crippen molar-refractivity contribution in [1.82, 2.24) is 9.21 Å². The largest absolute Gasteiger partial charge is 0.329 e. The van der Waals surface area contributed by atoms with Gasteiger partial charge in [0.2, 0.25) is 10.0 Å².